The van der Waals surface area contributed by atoms with Crippen molar-refractivity contribution >= 4 is 11.9 Å². The van der Waals surface area contributed by atoms with Crippen molar-refractivity contribution in [2.45, 2.75) is 20.0 Å². The molecule has 5 heteroatoms. The molecule has 98 valence electrons. The van der Waals surface area contributed by atoms with E-state index in [2.05, 4.69) is 10.3 Å². The van der Waals surface area contributed by atoms with E-state index in [9.17, 15) is 13.2 Å². The highest BCUT2D eigenvalue weighted by Gasteiger charge is 2.35. The van der Waals surface area contributed by atoms with Crippen molar-refractivity contribution in [2.75, 3.05) is 12.4 Å². The maximum atomic E-state index is 12.9. The molecular weight excluding hydrogens is 241 g/mol. The Bertz CT molecular complexity index is 456. The van der Waals surface area contributed by atoms with E-state index in [1.54, 1.807) is 24.3 Å². The summed E-state index contributed by atoms with van der Waals surface area (Å²) in [5, 5.41) is 2.39. The Kier molecular flexibility index (Phi) is 4.53. The summed E-state index contributed by atoms with van der Waals surface area (Å²) in [6, 6.07) is 6.72. The summed E-state index contributed by atoms with van der Waals surface area (Å²) < 4.78 is 38.6. The van der Waals surface area contributed by atoms with Crippen LogP contribution in [0, 0.1) is 6.92 Å². The van der Waals surface area contributed by atoms with E-state index in [-0.39, 0.29) is 5.57 Å². The van der Waals surface area contributed by atoms with Crippen molar-refractivity contribution in [2.24, 2.45) is 4.99 Å². The van der Waals surface area contributed by atoms with Gasteiger partial charge < -0.3 is 5.32 Å². The lowest BCUT2D eigenvalue weighted by Gasteiger charge is -2.16. The highest BCUT2D eigenvalue weighted by molar-refractivity contribution is 5.80. The zero-order valence-electron chi connectivity index (χ0n) is 10.5. The van der Waals surface area contributed by atoms with Gasteiger partial charge >= 0.3 is 6.18 Å². The first-order valence-electron chi connectivity index (χ1n) is 5.38. The Balaban J connectivity index is 3.07. The SMILES string of the molecule is C/N=C\C(C)=C(/Nc1ccc(C)cc1)C(F)(F)F. The van der Waals surface area contributed by atoms with Crippen molar-refractivity contribution in [3.8, 4) is 0 Å². The predicted octanol–water partition coefficient (Wildman–Crippen LogP) is 3.94. The molecule has 18 heavy (non-hydrogen) atoms. The summed E-state index contributed by atoms with van der Waals surface area (Å²) >= 11 is 0. The Morgan fingerprint density at radius 1 is 1.22 bits per heavy atom. The topological polar surface area (TPSA) is 24.4 Å². The maximum Gasteiger partial charge on any atom is 0.431 e. The van der Waals surface area contributed by atoms with Gasteiger partial charge in [0.1, 0.15) is 5.70 Å². The third kappa shape index (κ3) is 3.91. The molecule has 0 atom stereocenters. The minimum atomic E-state index is -4.43. The molecule has 0 aliphatic carbocycles. The van der Waals surface area contributed by atoms with Gasteiger partial charge in [-0.25, -0.2) is 0 Å². The minimum absolute atomic E-state index is 0.0468. The maximum absolute atomic E-state index is 12.9. The molecule has 0 unspecified atom stereocenters. The Hall–Kier alpha value is -1.78. The molecule has 0 radical (unpaired) electrons. The molecule has 0 aliphatic heterocycles. The highest BCUT2D eigenvalue weighted by Crippen LogP contribution is 2.29. The van der Waals surface area contributed by atoms with E-state index >= 15 is 0 Å². The van der Waals surface area contributed by atoms with Crippen LogP contribution in [0.3, 0.4) is 0 Å². The molecule has 0 spiro atoms. The fourth-order valence-electron chi connectivity index (χ4n) is 1.43. The quantitative estimate of drug-likeness (QED) is 0.814. The first-order chi connectivity index (χ1) is 8.34. The molecule has 0 aliphatic rings. The molecule has 1 aromatic carbocycles. The fourth-order valence-corrected chi connectivity index (χ4v) is 1.43. The van der Waals surface area contributed by atoms with Gasteiger partial charge in [0.05, 0.1) is 0 Å². The van der Waals surface area contributed by atoms with Crippen LogP contribution in [0.5, 0.6) is 0 Å². The van der Waals surface area contributed by atoms with Gasteiger partial charge in [0.25, 0.3) is 0 Å². The smallest absolute Gasteiger partial charge is 0.351 e. The predicted molar refractivity (Wildman–Crippen MR) is 68.0 cm³/mol. The van der Waals surface area contributed by atoms with Gasteiger partial charge in [-0.1, -0.05) is 17.7 Å². The number of hydrogen-bond acceptors (Lipinski definition) is 2. The van der Waals surface area contributed by atoms with E-state index in [4.69, 9.17) is 0 Å². The van der Waals surface area contributed by atoms with Crippen LogP contribution in [0.2, 0.25) is 0 Å². The summed E-state index contributed by atoms with van der Waals surface area (Å²) in [7, 11) is 1.43. The van der Waals surface area contributed by atoms with Gasteiger partial charge in [0.15, 0.2) is 0 Å². The van der Waals surface area contributed by atoms with Gasteiger partial charge in [-0.15, -0.1) is 0 Å². The van der Waals surface area contributed by atoms with E-state index in [0.717, 1.165) is 5.56 Å². The second-order valence-electron chi connectivity index (χ2n) is 3.93. The number of halogens is 3. The molecule has 0 aromatic heterocycles. The first kappa shape index (κ1) is 14.3. The molecule has 2 nitrogen and oxygen atoms in total. The number of nitrogens with zero attached hydrogens (tertiary/aromatic N) is 1. The number of hydrogen-bond donors (Lipinski definition) is 1. The van der Waals surface area contributed by atoms with Crippen LogP contribution >= 0.6 is 0 Å². The molecule has 1 rings (SSSR count). The molecular formula is C13H15F3N2. The highest BCUT2D eigenvalue weighted by atomic mass is 19.4. The lowest BCUT2D eigenvalue weighted by molar-refractivity contribution is -0.0907. The van der Waals surface area contributed by atoms with Crippen LogP contribution in [-0.2, 0) is 0 Å². The van der Waals surface area contributed by atoms with Crippen molar-refractivity contribution in [1.29, 1.82) is 0 Å². The van der Waals surface area contributed by atoms with Crippen molar-refractivity contribution in [1.82, 2.24) is 0 Å². The molecule has 0 fully saturated rings. The summed E-state index contributed by atoms with van der Waals surface area (Å²) in [4.78, 5) is 3.60. The van der Waals surface area contributed by atoms with Crippen molar-refractivity contribution in [3.05, 3.63) is 41.1 Å². The second-order valence-corrected chi connectivity index (χ2v) is 3.93. The Labute approximate surface area is 104 Å². The summed E-state index contributed by atoms with van der Waals surface area (Å²) in [5.41, 5.74) is 0.643. The van der Waals surface area contributed by atoms with Crippen molar-refractivity contribution in [3.63, 3.8) is 0 Å². The molecule has 0 amide bonds. The number of anilines is 1. The van der Waals surface area contributed by atoms with Crippen LogP contribution < -0.4 is 5.32 Å². The molecule has 0 heterocycles. The van der Waals surface area contributed by atoms with Crippen LogP contribution in [0.4, 0.5) is 18.9 Å². The Morgan fingerprint density at radius 2 is 1.78 bits per heavy atom. The summed E-state index contributed by atoms with van der Waals surface area (Å²) in [5.74, 6) is 0. The van der Waals surface area contributed by atoms with E-state index in [1.807, 2.05) is 6.92 Å². The van der Waals surface area contributed by atoms with Gasteiger partial charge in [0, 0.05) is 18.9 Å². The minimum Gasteiger partial charge on any atom is -0.351 e. The normalized spacial score (nSPS) is 13.7. The number of alkyl halides is 3. The number of nitrogens with one attached hydrogen (secondary N) is 1. The van der Waals surface area contributed by atoms with E-state index in [1.165, 1.54) is 20.2 Å². The number of aliphatic imine (C=N–C) groups is 1. The first-order valence-corrected chi connectivity index (χ1v) is 5.38. The fraction of sp³-hybridized carbons (Fsp3) is 0.308. The third-order valence-corrected chi connectivity index (χ3v) is 2.32. The zero-order chi connectivity index (χ0) is 13.8. The third-order valence-electron chi connectivity index (χ3n) is 2.32. The average molecular weight is 256 g/mol. The lowest BCUT2D eigenvalue weighted by atomic mass is 10.2. The monoisotopic (exact) mass is 256 g/mol. The van der Waals surface area contributed by atoms with E-state index in [0.29, 0.717) is 5.69 Å². The summed E-state index contributed by atoms with van der Waals surface area (Å²) in [6.45, 7) is 3.25. The van der Waals surface area contributed by atoms with Gasteiger partial charge in [-0.05, 0) is 31.6 Å². The largest absolute Gasteiger partial charge is 0.431 e. The standard InChI is InChI=1S/C13H15F3N2/c1-9-4-6-11(7-5-9)18-12(13(14,15)16)10(2)8-17-3/h4-8,18H,1-3H3/b12-10-,17-8-. The molecule has 0 bridgehead atoms. The number of benzene rings is 1. The van der Waals surface area contributed by atoms with Gasteiger partial charge in [0.2, 0.25) is 0 Å². The van der Waals surface area contributed by atoms with Crippen LogP contribution in [0.25, 0.3) is 0 Å². The molecule has 0 saturated heterocycles. The Morgan fingerprint density at radius 3 is 2.22 bits per heavy atom. The van der Waals surface area contributed by atoms with Crippen LogP contribution in [0.1, 0.15) is 12.5 Å². The number of allylic oxidation sites excluding steroid dienone is 2. The average Bonchev–Trinajstić information content (AvgIpc) is 2.26. The van der Waals surface area contributed by atoms with Gasteiger partial charge in [-0.2, -0.15) is 13.2 Å². The molecule has 0 saturated carbocycles. The summed E-state index contributed by atoms with van der Waals surface area (Å²) in [6.07, 6.45) is -3.25. The van der Waals surface area contributed by atoms with E-state index < -0.39 is 11.9 Å². The second kappa shape index (κ2) is 5.71. The number of rotatable bonds is 3. The lowest BCUT2D eigenvalue weighted by Crippen LogP contribution is -2.21. The zero-order valence-corrected chi connectivity index (χ0v) is 10.5. The molecule has 1 aromatic rings. The van der Waals surface area contributed by atoms with Crippen LogP contribution in [-0.4, -0.2) is 19.4 Å². The molecule has 1 N–H and O–H groups in total. The van der Waals surface area contributed by atoms with Gasteiger partial charge in [-0.3, -0.25) is 4.99 Å². The van der Waals surface area contributed by atoms with Crippen LogP contribution in [0.15, 0.2) is 40.5 Å². The number of aryl methyl sites for hydroxylation is 1. The van der Waals surface area contributed by atoms with Crippen molar-refractivity contribution < 1.29 is 13.2 Å².